The second-order valence-corrected chi connectivity index (χ2v) is 6.19. The zero-order valence-electron chi connectivity index (χ0n) is 12.0. The Hall–Kier alpha value is -0.580. The van der Waals surface area contributed by atoms with Crippen LogP contribution in [0.5, 0.6) is 0 Å². The van der Waals surface area contributed by atoms with E-state index in [2.05, 4.69) is 56.3 Å². The number of hydrogen-bond acceptors (Lipinski definition) is 3. The Morgan fingerprint density at radius 2 is 2.05 bits per heavy atom. The molecule has 1 aromatic carbocycles. The molecule has 1 fully saturated rings. The Labute approximate surface area is 125 Å². The third-order valence-corrected chi connectivity index (χ3v) is 4.26. The Morgan fingerprint density at radius 3 is 2.74 bits per heavy atom. The number of nitrogens with zero attached hydrogens (tertiary/aromatic N) is 2. The highest BCUT2D eigenvalue weighted by molar-refractivity contribution is 9.10. The van der Waals surface area contributed by atoms with Crippen molar-refractivity contribution in [1.82, 2.24) is 10.2 Å². The van der Waals surface area contributed by atoms with Crippen LogP contribution in [0.1, 0.15) is 18.4 Å². The van der Waals surface area contributed by atoms with Crippen LogP contribution in [0.25, 0.3) is 0 Å². The smallest absolute Gasteiger partial charge is 0.0410 e. The molecule has 0 bridgehead atoms. The topological polar surface area (TPSA) is 18.5 Å². The first-order chi connectivity index (χ1) is 9.20. The van der Waals surface area contributed by atoms with Crippen LogP contribution in [0.4, 0.5) is 5.69 Å². The van der Waals surface area contributed by atoms with Gasteiger partial charge in [0.15, 0.2) is 0 Å². The first-order valence-electron chi connectivity index (χ1n) is 7.07. The third-order valence-electron chi connectivity index (χ3n) is 3.77. The molecule has 1 saturated heterocycles. The molecular formula is C15H24BrN3. The summed E-state index contributed by atoms with van der Waals surface area (Å²) in [5.41, 5.74) is 2.68. The van der Waals surface area contributed by atoms with E-state index < -0.39 is 0 Å². The minimum atomic E-state index is 0.906. The van der Waals surface area contributed by atoms with Crippen LogP contribution in [-0.2, 0) is 6.54 Å². The fourth-order valence-corrected chi connectivity index (χ4v) is 3.09. The number of likely N-dealkylation sites (tertiary alicyclic amines) is 1. The predicted octanol–water partition coefficient (Wildman–Crippen LogP) is 2.70. The SMILES string of the molecule is CNCc1cc(Br)ccc1N(C)CCN1CCCC1. The van der Waals surface area contributed by atoms with Crippen LogP contribution in [0.2, 0.25) is 0 Å². The van der Waals surface area contributed by atoms with Crippen molar-refractivity contribution in [3.05, 3.63) is 28.2 Å². The second-order valence-electron chi connectivity index (χ2n) is 5.27. The van der Waals surface area contributed by atoms with Gasteiger partial charge in [0, 0.05) is 36.8 Å². The maximum Gasteiger partial charge on any atom is 0.0410 e. The van der Waals surface area contributed by atoms with E-state index in [0.29, 0.717) is 0 Å². The molecule has 0 atom stereocenters. The van der Waals surface area contributed by atoms with Gasteiger partial charge in [0.25, 0.3) is 0 Å². The van der Waals surface area contributed by atoms with Gasteiger partial charge in [-0.05, 0) is 56.7 Å². The largest absolute Gasteiger partial charge is 0.373 e. The molecule has 4 heteroatoms. The number of rotatable bonds is 6. The minimum absolute atomic E-state index is 0.906. The fourth-order valence-electron chi connectivity index (χ4n) is 2.68. The molecular weight excluding hydrogens is 302 g/mol. The van der Waals surface area contributed by atoms with Crippen molar-refractivity contribution in [3.63, 3.8) is 0 Å². The van der Waals surface area contributed by atoms with Gasteiger partial charge in [0.2, 0.25) is 0 Å². The van der Waals surface area contributed by atoms with Crippen LogP contribution >= 0.6 is 15.9 Å². The zero-order valence-corrected chi connectivity index (χ0v) is 13.5. The Balaban J connectivity index is 1.98. The first-order valence-corrected chi connectivity index (χ1v) is 7.86. The van der Waals surface area contributed by atoms with Crippen LogP contribution in [-0.4, -0.2) is 45.2 Å². The lowest BCUT2D eigenvalue weighted by molar-refractivity contribution is 0.346. The van der Waals surface area contributed by atoms with Gasteiger partial charge in [0.1, 0.15) is 0 Å². The van der Waals surface area contributed by atoms with E-state index in [9.17, 15) is 0 Å². The van der Waals surface area contributed by atoms with Crippen LogP contribution in [0, 0.1) is 0 Å². The van der Waals surface area contributed by atoms with E-state index in [1.165, 1.54) is 43.7 Å². The summed E-state index contributed by atoms with van der Waals surface area (Å²) in [5, 5.41) is 3.25. The Morgan fingerprint density at radius 1 is 1.32 bits per heavy atom. The third kappa shape index (κ3) is 4.20. The second kappa shape index (κ2) is 7.27. The lowest BCUT2D eigenvalue weighted by Gasteiger charge is -2.25. The van der Waals surface area contributed by atoms with Gasteiger partial charge in [-0.2, -0.15) is 0 Å². The van der Waals surface area contributed by atoms with Gasteiger partial charge in [-0.15, -0.1) is 0 Å². The molecule has 19 heavy (non-hydrogen) atoms. The van der Waals surface area contributed by atoms with E-state index in [4.69, 9.17) is 0 Å². The molecule has 0 saturated carbocycles. The fraction of sp³-hybridized carbons (Fsp3) is 0.600. The highest BCUT2D eigenvalue weighted by Crippen LogP contribution is 2.24. The summed E-state index contributed by atoms with van der Waals surface area (Å²) in [7, 11) is 4.19. The van der Waals surface area contributed by atoms with Crippen molar-refractivity contribution in [1.29, 1.82) is 0 Å². The molecule has 0 aromatic heterocycles. The average molecular weight is 326 g/mol. The molecule has 106 valence electrons. The van der Waals surface area contributed by atoms with Gasteiger partial charge in [0.05, 0.1) is 0 Å². The number of anilines is 1. The number of likely N-dealkylation sites (N-methyl/N-ethyl adjacent to an activating group) is 1. The first kappa shape index (κ1) is 14.8. The highest BCUT2D eigenvalue weighted by atomic mass is 79.9. The van der Waals surface area contributed by atoms with Gasteiger partial charge < -0.3 is 15.1 Å². The van der Waals surface area contributed by atoms with Gasteiger partial charge in [-0.25, -0.2) is 0 Å². The highest BCUT2D eigenvalue weighted by Gasteiger charge is 2.13. The molecule has 1 aliphatic rings. The normalized spacial score (nSPS) is 15.9. The number of hydrogen-bond donors (Lipinski definition) is 1. The maximum absolute atomic E-state index is 3.55. The number of halogens is 1. The quantitative estimate of drug-likeness (QED) is 0.867. The van der Waals surface area contributed by atoms with Crippen molar-refractivity contribution in [2.24, 2.45) is 0 Å². The molecule has 0 radical (unpaired) electrons. The molecule has 1 heterocycles. The van der Waals surface area contributed by atoms with E-state index in [1.807, 2.05) is 7.05 Å². The molecule has 1 aliphatic heterocycles. The van der Waals surface area contributed by atoms with Crippen molar-refractivity contribution >= 4 is 21.6 Å². The van der Waals surface area contributed by atoms with Crippen molar-refractivity contribution in [2.75, 3.05) is 45.2 Å². The zero-order chi connectivity index (χ0) is 13.7. The Bertz CT molecular complexity index is 402. The van der Waals surface area contributed by atoms with Crippen LogP contribution in [0.3, 0.4) is 0 Å². The summed E-state index contributed by atoms with van der Waals surface area (Å²) in [4.78, 5) is 4.94. The molecule has 0 amide bonds. The lowest BCUT2D eigenvalue weighted by Crippen LogP contribution is -2.32. The van der Waals surface area contributed by atoms with Gasteiger partial charge in [-0.1, -0.05) is 15.9 Å². The summed E-state index contributed by atoms with van der Waals surface area (Å²) in [6.45, 7) is 5.72. The predicted molar refractivity (Wildman–Crippen MR) is 85.8 cm³/mol. The molecule has 0 aliphatic carbocycles. The summed E-state index contributed by atoms with van der Waals surface area (Å²) in [6, 6.07) is 6.54. The summed E-state index contributed by atoms with van der Waals surface area (Å²) in [6.07, 6.45) is 2.74. The number of nitrogens with one attached hydrogen (secondary N) is 1. The monoisotopic (exact) mass is 325 g/mol. The van der Waals surface area contributed by atoms with Crippen LogP contribution < -0.4 is 10.2 Å². The van der Waals surface area contributed by atoms with Gasteiger partial charge in [-0.3, -0.25) is 0 Å². The van der Waals surface area contributed by atoms with Crippen LogP contribution in [0.15, 0.2) is 22.7 Å². The molecule has 0 spiro atoms. The van der Waals surface area contributed by atoms with E-state index in [1.54, 1.807) is 0 Å². The van der Waals surface area contributed by atoms with Crippen molar-refractivity contribution in [2.45, 2.75) is 19.4 Å². The lowest BCUT2D eigenvalue weighted by atomic mass is 10.1. The van der Waals surface area contributed by atoms with Crippen molar-refractivity contribution < 1.29 is 0 Å². The maximum atomic E-state index is 3.55. The Kier molecular flexibility index (Phi) is 5.67. The molecule has 1 aromatic rings. The summed E-state index contributed by atoms with van der Waals surface area (Å²) >= 11 is 3.55. The minimum Gasteiger partial charge on any atom is -0.373 e. The average Bonchev–Trinajstić information content (AvgIpc) is 2.90. The summed E-state index contributed by atoms with van der Waals surface area (Å²) in [5.74, 6) is 0. The van der Waals surface area contributed by atoms with E-state index >= 15 is 0 Å². The molecule has 2 rings (SSSR count). The molecule has 3 nitrogen and oxygen atoms in total. The standard InChI is InChI=1S/C15H24BrN3/c1-17-12-13-11-14(16)5-6-15(13)18(2)9-10-19-7-3-4-8-19/h5-6,11,17H,3-4,7-10,12H2,1-2H3. The van der Waals surface area contributed by atoms with E-state index in [0.717, 1.165) is 17.6 Å². The summed E-state index contributed by atoms with van der Waals surface area (Å²) < 4.78 is 1.15. The number of benzene rings is 1. The van der Waals surface area contributed by atoms with Crippen molar-refractivity contribution in [3.8, 4) is 0 Å². The van der Waals surface area contributed by atoms with Gasteiger partial charge >= 0.3 is 0 Å². The molecule has 0 unspecified atom stereocenters. The van der Waals surface area contributed by atoms with E-state index in [-0.39, 0.29) is 0 Å². The molecule has 1 N–H and O–H groups in total.